The van der Waals surface area contributed by atoms with Crippen molar-refractivity contribution in [3.8, 4) is 22.5 Å². The van der Waals surface area contributed by atoms with Gasteiger partial charge in [-0.1, -0.05) is 30.3 Å². The molecule has 0 radical (unpaired) electrons. The summed E-state index contributed by atoms with van der Waals surface area (Å²) in [5, 5.41) is 0. The predicted octanol–water partition coefficient (Wildman–Crippen LogP) is 3.63. The van der Waals surface area contributed by atoms with Crippen molar-refractivity contribution in [3.05, 3.63) is 61.1 Å². The van der Waals surface area contributed by atoms with Gasteiger partial charge in [-0.3, -0.25) is 4.98 Å². The third-order valence-corrected chi connectivity index (χ3v) is 3.65. The van der Waals surface area contributed by atoms with Crippen LogP contribution < -0.4 is 0 Å². The second-order valence-corrected chi connectivity index (χ2v) is 5.06. The second kappa shape index (κ2) is 4.59. The van der Waals surface area contributed by atoms with Gasteiger partial charge in [-0.15, -0.1) is 0 Å². The lowest BCUT2D eigenvalue weighted by Gasteiger charge is -2.01. The molecule has 4 rings (SSSR count). The summed E-state index contributed by atoms with van der Waals surface area (Å²) in [6.07, 6.45) is 5.52. The van der Waals surface area contributed by atoms with Crippen molar-refractivity contribution < 1.29 is 0 Å². The molecule has 0 fully saturated rings. The van der Waals surface area contributed by atoms with Gasteiger partial charge < -0.3 is 9.55 Å². The van der Waals surface area contributed by atoms with Crippen molar-refractivity contribution in [3.63, 3.8) is 0 Å². The molecule has 0 unspecified atom stereocenters. The SMILES string of the molecule is Cn1cc(-c2cc3nccnc3[nH]2)cc1-c1ccccc1. The zero-order chi connectivity index (χ0) is 14.2. The third-order valence-electron chi connectivity index (χ3n) is 3.65. The number of benzene rings is 1. The van der Waals surface area contributed by atoms with Gasteiger partial charge in [0.1, 0.15) is 5.52 Å². The van der Waals surface area contributed by atoms with E-state index in [-0.39, 0.29) is 0 Å². The largest absolute Gasteiger partial charge is 0.350 e. The lowest BCUT2D eigenvalue weighted by Crippen LogP contribution is -1.88. The number of aromatic nitrogens is 4. The highest BCUT2D eigenvalue weighted by Gasteiger charge is 2.10. The van der Waals surface area contributed by atoms with Gasteiger partial charge in [0, 0.05) is 36.9 Å². The van der Waals surface area contributed by atoms with Crippen LogP contribution >= 0.6 is 0 Å². The number of hydrogen-bond acceptors (Lipinski definition) is 2. The monoisotopic (exact) mass is 274 g/mol. The Morgan fingerprint density at radius 1 is 0.952 bits per heavy atom. The Morgan fingerprint density at radius 3 is 2.57 bits per heavy atom. The van der Waals surface area contributed by atoms with Gasteiger partial charge in [-0.2, -0.15) is 0 Å². The number of H-pyrrole nitrogens is 1. The highest BCUT2D eigenvalue weighted by Crippen LogP contribution is 2.28. The molecule has 0 bridgehead atoms. The Bertz CT molecular complexity index is 870. The number of nitrogens with one attached hydrogen (secondary N) is 1. The van der Waals surface area contributed by atoms with E-state index in [1.165, 1.54) is 11.3 Å². The molecule has 3 aromatic heterocycles. The summed E-state index contributed by atoms with van der Waals surface area (Å²) in [4.78, 5) is 11.9. The first-order valence-corrected chi connectivity index (χ1v) is 6.83. The Labute approximate surface area is 122 Å². The molecule has 4 nitrogen and oxygen atoms in total. The third kappa shape index (κ3) is 2.01. The fraction of sp³-hybridized carbons (Fsp3) is 0.0588. The Morgan fingerprint density at radius 2 is 1.76 bits per heavy atom. The fourth-order valence-electron chi connectivity index (χ4n) is 2.61. The van der Waals surface area contributed by atoms with Crippen LogP contribution in [0.15, 0.2) is 61.1 Å². The van der Waals surface area contributed by atoms with Gasteiger partial charge in [-0.05, 0) is 17.7 Å². The first-order chi connectivity index (χ1) is 10.3. The zero-order valence-electron chi connectivity index (χ0n) is 11.6. The Balaban J connectivity index is 1.83. The van der Waals surface area contributed by atoms with Gasteiger partial charge in [0.2, 0.25) is 0 Å². The summed E-state index contributed by atoms with van der Waals surface area (Å²) in [6.45, 7) is 0. The minimum atomic E-state index is 0.817. The molecule has 0 atom stereocenters. The van der Waals surface area contributed by atoms with Crippen molar-refractivity contribution in [1.82, 2.24) is 19.5 Å². The van der Waals surface area contributed by atoms with Crippen LogP contribution in [0.4, 0.5) is 0 Å². The average molecular weight is 274 g/mol. The van der Waals surface area contributed by atoms with E-state index in [1.807, 2.05) is 12.1 Å². The average Bonchev–Trinajstić information content (AvgIpc) is 3.11. The van der Waals surface area contributed by atoms with E-state index in [0.717, 1.165) is 22.4 Å². The molecule has 102 valence electrons. The standard InChI is InChI=1S/C17H14N4/c1-21-11-13(9-16(21)12-5-3-2-4-6-12)14-10-15-17(20-14)19-8-7-18-15/h2-11H,1H3,(H,19,20). The Hall–Kier alpha value is -2.88. The minimum Gasteiger partial charge on any atom is -0.350 e. The summed E-state index contributed by atoms with van der Waals surface area (Å²) >= 11 is 0. The minimum absolute atomic E-state index is 0.817. The number of fused-ring (bicyclic) bond motifs is 1. The van der Waals surface area contributed by atoms with Gasteiger partial charge >= 0.3 is 0 Å². The molecule has 4 aromatic rings. The molecule has 0 aliphatic rings. The van der Waals surface area contributed by atoms with Gasteiger partial charge in [0.25, 0.3) is 0 Å². The van der Waals surface area contributed by atoms with E-state index in [9.17, 15) is 0 Å². The van der Waals surface area contributed by atoms with Gasteiger partial charge in [-0.25, -0.2) is 4.98 Å². The molecule has 0 amide bonds. The summed E-state index contributed by atoms with van der Waals surface area (Å²) in [5.74, 6) is 0. The molecule has 0 saturated heterocycles. The summed E-state index contributed by atoms with van der Waals surface area (Å²) < 4.78 is 2.14. The Kier molecular flexibility index (Phi) is 2.60. The van der Waals surface area contributed by atoms with Crippen LogP contribution in [0.5, 0.6) is 0 Å². The molecule has 0 aliphatic heterocycles. The van der Waals surface area contributed by atoms with E-state index in [1.54, 1.807) is 12.4 Å². The first kappa shape index (κ1) is 11.9. The van der Waals surface area contributed by atoms with Crippen molar-refractivity contribution >= 4 is 11.2 Å². The number of hydrogen-bond donors (Lipinski definition) is 1. The van der Waals surface area contributed by atoms with Crippen LogP contribution in [-0.2, 0) is 7.05 Å². The van der Waals surface area contributed by atoms with E-state index in [4.69, 9.17) is 0 Å². The molecule has 1 aromatic carbocycles. The number of aryl methyl sites for hydroxylation is 1. The topological polar surface area (TPSA) is 46.5 Å². The predicted molar refractivity (Wildman–Crippen MR) is 83.7 cm³/mol. The highest BCUT2D eigenvalue weighted by molar-refractivity contribution is 5.81. The molecule has 21 heavy (non-hydrogen) atoms. The normalized spacial score (nSPS) is 11.1. The molecule has 1 N–H and O–H groups in total. The molecule has 0 spiro atoms. The molecule has 4 heteroatoms. The van der Waals surface area contributed by atoms with Crippen molar-refractivity contribution in [2.45, 2.75) is 0 Å². The fourth-order valence-corrected chi connectivity index (χ4v) is 2.61. The first-order valence-electron chi connectivity index (χ1n) is 6.83. The van der Waals surface area contributed by atoms with Gasteiger partial charge in [0.05, 0.1) is 5.69 Å². The molecular formula is C17H14N4. The second-order valence-electron chi connectivity index (χ2n) is 5.06. The van der Waals surface area contributed by atoms with Crippen LogP contribution in [0.2, 0.25) is 0 Å². The van der Waals surface area contributed by atoms with E-state index >= 15 is 0 Å². The smallest absolute Gasteiger partial charge is 0.156 e. The maximum Gasteiger partial charge on any atom is 0.156 e. The molecule has 3 heterocycles. The highest BCUT2D eigenvalue weighted by atomic mass is 14.9. The van der Waals surface area contributed by atoms with Crippen molar-refractivity contribution in [1.29, 1.82) is 0 Å². The van der Waals surface area contributed by atoms with E-state index in [0.29, 0.717) is 0 Å². The quantitative estimate of drug-likeness (QED) is 0.606. The number of aromatic amines is 1. The van der Waals surface area contributed by atoms with Crippen LogP contribution in [0.3, 0.4) is 0 Å². The molecular weight excluding hydrogens is 260 g/mol. The molecule has 0 saturated carbocycles. The lowest BCUT2D eigenvalue weighted by atomic mass is 10.1. The zero-order valence-corrected chi connectivity index (χ0v) is 11.6. The maximum absolute atomic E-state index is 4.31. The van der Waals surface area contributed by atoms with Crippen LogP contribution in [-0.4, -0.2) is 19.5 Å². The summed E-state index contributed by atoms with van der Waals surface area (Å²) in [5.41, 5.74) is 6.27. The van der Waals surface area contributed by atoms with Crippen molar-refractivity contribution in [2.24, 2.45) is 7.05 Å². The van der Waals surface area contributed by atoms with Crippen LogP contribution in [0, 0.1) is 0 Å². The van der Waals surface area contributed by atoms with Gasteiger partial charge in [0.15, 0.2) is 5.65 Å². The van der Waals surface area contributed by atoms with Crippen molar-refractivity contribution in [2.75, 3.05) is 0 Å². The van der Waals surface area contributed by atoms with Crippen LogP contribution in [0.1, 0.15) is 0 Å². The lowest BCUT2D eigenvalue weighted by molar-refractivity contribution is 0.937. The van der Waals surface area contributed by atoms with E-state index < -0.39 is 0 Å². The summed E-state index contributed by atoms with van der Waals surface area (Å²) in [7, 11) is 2.06. The maximum atomic E-state index is 4.31. The van der Waals surface area contributed by atoms with Crippen LogP contribution in [0.25, 0.3) is 33.7 Å². The molecule has 0 aliphatic carbocycles. The summed E-state index contributed by atoms with van der Waals surface area (Å²) in [6, 6.07) is 14.6. The number of rotatable bonds is 2. The number of nitrogens with zero attached hydrogens (tertiary/aromatic N) is 3. The van der Waals surface area contributed by atoms with E-state index in [2.05, 4.69) is 63.1 Å².